The molecule has 1 aromatic rings. The van der Waals surface area contributed by atoms with E-state index in [1.165, 1.54) is 37.9 Å². The highest BCUT2D eigenvalue weighted by atomic mass is 19.1. The molecule has 112 valence electrons. The van der Waals surface area contributed by atoms with Crippen LogP contribution in [0.4, 0.5) is 4.39 Å². The van der Waals surface area contributed by atoms with E-state index in [1.54, 1.807) is 0 Å². The largest absolute Gasteiger partial charge is 0.474 e. The summed E-state index contributed by atoms with van der Waals surface area (Å²) in [6.45, 7) is 3.64. The van der Waals surface area contributed by atoms with Crippen LogP contribution in [0.5, 0.6) is 5.88 Å². The quantitative estimate of drug-likeness (QED) is 0.635. The van der Waals surface area contributed by atoms with Gasteiger partial charge >= 0.3 is 0 Å². The van der Waals surface area contributed by atoms with Crippen molar-refractivity contribution in [3.8, 4) is 5.88 Å². The normalized spacial score (nSPS) is 16.9. The van der Waals surface area contributed by atoms with Gasteiger partial charge in [0.2, 0.25) is 5.88 Å². The second-order valence-corrected chi connectivity index (χ2v) is 5.53. The Bertz CT molecular complexity index is 403. The maximum Gasteiger partial charge on any atom is 0.218 e. The van der Waals surface area contributed by atoms with Crippen molar-refractivity contribution < 1.29 is 9.13 Å². The molecule has 0 aromatic carbocycles. The Hall–Kier alpha value is -1.16. The van der Waals surface area contributed by atoms with Crippen LogP contribution in [0.2, 0.25) is 0 Å². The third-order valence-corrected chi connectivity index (χ3v) is 3.71. The zero-order chi connectivity index (χ0) is 14.2. The summed E-state index contributed by atoms with van der Waals surface area (Å²) in [5, 5.41) is 3.28. The van der Waals surface area contributed by atoms with Crippen LogP contribution in [0.15, 0.2) is 12.3 Å². The maximum absolute atomic E-state index is 13.4. The van der Waals surface area contributed by atoms with Gasteiger partial charge in [0, 0.05) is 12.1 Å². The number of nitrogens with one attached hydrogen (secondary N) is 1. The molecule has 0 spiro atoms. The van der Waals surface area contributed by atoms with E-state index >= 15 is 0 Å². The van der Waals surface area contributed by atoms with E-state index in [4.69, 9.17) is 4.74 Å². The molecule has 1 saturated carbocycles. The van der Waals surface area contributed by atoms with Crippen molar-refractivity contribution in [3.05, 3.63) is 23.6 Å². The van der Waals surface area contributed by atoms with Gasteiger partial charge in [-0.2, -0.15) is 0 Å². The van der Waals surface area contributed by atoms with Crippen LogP contribution in [-0.4, -0.2) is 17.6 Å². The first-order chi connectivity index (χ1) is 9.79. The summed E-state index contributed by atoms with van der Waals surface area (Å²) < 4.78 is 19.4. The molecule has 2 rings (SSSR count). The predicted molar refractivity (Wildman–Crippen MR) is 78.3 cm³/mol. The molecule has 1 aliphatic carbocycles. The van der Waals surface area contributed by atoms with Crippen molar-refractivity contribution in [2.75, 3.05) is 6.54 Å². The molecule has 0 amide bonds. The number of halogens is 1. The number of hydrogen-bond donors (Lipinski definition) is 1. The Morgan fingerprint density at radius 1 is 1.30 bits per heavy atom. The fourth-order valence-electron chi connectivity index (χ4n) is 2.62. The van der Waals surface area contributed by atoms with Gasteiger partial charge in [-0.3, -0.25) is 0 Å². The average molecular weight is 280 g/mol. The van der Waals surface area contributed by atoms with E-state index in [-0.39, 0.29) is 11.9 Å². The summed E-state index contributed by atoms with van der Waals surface area (Å²) in [5.41, 5.74) is 0.822. The minimum absolute atomic E-state index is 0.236. The predicted octanol–water partition coefficient (Wildman–Crippen LogP) is 3.82. The van der Waals surface area contributed by atoms with E-state index in [9.17, 15) is 4.39 Å². The Labute approximate surface area is 120 Å². The van der Waals surface area contributed by atoms with Gasteiger partial charge in [0.25, 0.3) is 0 Å². The van der Waals surface area contributed by atoms with E-state index in [2.05, 4.69) is 17.2 Å². The first kappa shape index (κ1) is 15.2. The molecule has 1 fully saturated rings. The molecule has 3 nitrogen and oxygen atoms in total. The first-order valence-electron chi connectivity index (χ1n) is 7.81. The van der Waals surface area contributed by atoms with E-state index in [0.717, 1.165) is 31.4 Å². The number of pyridine rings is 1. The standard InChI is InChI=1S/C16H25FN2O/c1-2-9-18-11-13-10-14(17)12-19-16(13)20-15-7-5-3-4-6-8-15/h10,12,15,18H,2-9,11H2,1H3. The van der Waals surface area contributed by atoms with E-state index in [1.807, 2.05) is 0 Å². The van der Waals surface area contributed by atoms with Crippen LogP contribution >= 0.6 is 0 Å². The second-order valence-electron chi connectivity index (χ2n) is 5.53. The molecule has 0 unspecified atom stereocenters. The lowest BCUT2D eigenvalue weighted by Crippen LogP contribution is -2.19. The van der Waals surface area contributed by atoms with Gasteiger partial charge in [0.15, 0.2) is 0 Å². The average Bonchev–Trinajstić information content (AvgIpc) is 2.70. The van der Waals surface area contributed by atoms with E-state index in [0.29, 0.717) is 12.4 Å². The monoisotopic (exact) mass is 280 g/mol. The summed E-state index contributed by atoms with van der Waals surface area (Å²) in [7, 11) is 0. The zero-order valence-corrected chi connectivity index (χ0v) is 12.3. The molecule has 1 N–H and O–H groups in total. The number of aromatic nitrogens is 1. The van der Waals surface area contributed by atoms with Crippen molar-refractivity contribution in [3.63, 3.8) is 0 Å². The highest BCUT2D eigenvalue weighted by Crippen LogP contribution is 2.24. The lowest BCUT2D eigenvalue weighted by atomic mass is 10.1. The molecule has 1 aliphatic rings. The lowest BCUT2D eigenvalue weighted by Gasteiger charge is -2.18. The van der Waals surface area contributed by atoms with Crippen molar-refractivity contribution in [2.45, 2.75) is 64.5 Å². The number of rotatable bonds is 6. The van der Waals surface area contributed by atoms with Crippen LogP contribution in [0, 0.1) is 5.82 Å². The minimum atomic E-state index is -0.300. The molecule has 0 atom stereocenters. The SMILES string of the molecule is CCCNCc1cc(F)cnc1OC1CCCCCC1. The summed E-state index contributed by atoms with van der Waals surface area (Å²) >= 11 is 0. The summed E-state index contributed by atoms with van der Waals surface area (Å²) in [6, 6.07) is 1.53. The molecule has 0 bridgehead atoms. The summed E-state index contributed by atoms with van der Waals surface area (Å²) in [5.74, 6) is 0.299. The van der Waals surface area contributed by atoms with Crippen LogP contribution < -0.4 is 10.1 Å². The molecule has 1 aromatic heterocycles. The fraction of sp³-hybridized carbons (Fsp3) is 0.688. The summed E-state index contributed by atoms with van der Waals surface area (Å²) in [4.78, 5) is 4.14. The smallest absolute Gasteiger partial charge is 0.218 e. The van der Waals surface area contributed by atoms with Crippen LogP contribution in [-0.2, 0) is 6.54 Å². The molecule has 0 saturated heterocycles. The van der Waals surface area contributed by atoms with E-state index < -0.39 is 0 Å². The zero-order valence-electron chi connectivity index (χ0n) is 12.3. The maximum atomic E-state index is 13.4. The van der Waals surface area contributed by atoms with Crippen molar-refractivity contribution >= 4 is 0 Å². The van der Waals surface area contributed by atoms with Crippen molar-refractivity contribution in [1.29, 1.82) is 0 Å². The van der Waals surface area contributed by atoms with Gasteiger partial charge in [0.1, 0.15) is 11.9 Å². The molecule has 4 heteroatoms. The Balaban J connectivity index is 2.01. The Morgan fingerprint density at radius 3 is 2.75 bits per heavy atom. The van der Waals surface area contributed by atoms with Crippen LogP contribution in [0.3, 0.4) is 0 Å². The minimum Gasteiger partial charge on any atom is -0.474 e. The van der Waals surface area contributed by atoms with Gasteiger partial charge in [-0.05, 0) is 44.7 Å². The summed E-state index contributed by atoms with van der Waals surface area (Å²) in [6.07, 6.45) is 9.73. The van der Waals surface area contributed by atoms with Gasteiger partial charge in [-0.15, -0.1) is 0 Å². The molecular formula is C16H25FN2O. The third-order valence-electron chi connectivity index (χ3n) is 3.71. The second kappa shape index (κ2) is 8.20. The molecular weight excluding hydrogens is 255 g/mol. The highest BCUT2D eigenvalue weighted by Gasteiger charge is 2.16. The molecule has 20 heavy (non-hydrogen) atoms. The Morgan fingerprint density at radius 2 is 2.05 bits per heavy atom. The van der Waals surface area contributed by atoms with Crippen molar-refractivity contribution in [1.82, 2.24) is 10.3 Å². The fourth-order valence-corrected chi connectivity index (χ4v) is 2.62. The molecule has 0 radical (unpaired) electrons. The third kappa shape index (κ3) is 4.75. The Kier molecular flexibility index (Phi) is 6.25. The van der Waals surface area contributed by atoms with Crippen molar-refractivity contribution in [2.24, 2.45) is 0 Å². The lowest BCUT2D eigenvalue weighted by molar-refractivity contribution is 0.173. The van der Waals surface area contributed by atoms with Gasteiger partial charge in [-0.1, -0.05) is 19.8 Å². The number of nitrogens with zero attached hydrogens (tertiary/aromatic N) is 1. The van der Waals surface area contributed by atoms with Gasteiger partial charge in [-0.25, -0.2) is 9.37 Å². The highest BCUT2D eigenvalue weighted by molar-refractivity contribution is 5.26. The number of ether oxygens (including phenoxy) is 1. The van der Waals surface area contributed by atoms with Crippen LogP contribution in [0.25, 0.3) is 0 Å². The van der Waals surface area contributed by atoms with Gasteiger partial charge < -0.3 is 10.1 Å². The first-order valence-corrected chi connectivity index (χ1v) is 7.81. The van der Waals surface area contributed by atoms with Crippen LogP contribution in [0.1, 0.15) is 57.4 Å². The van der Waals surface area contributed by atoms with Gasteiger partial charge in [0.05, 0.1) is 6.20 Å². The number of hydrogen-bond acceptors (Lipinski definition) is 3. The molecule has 0 aliphatic heterocycles. The topological polar surface area (TPSA) is 34.2 Å². The molecule has 1 heterocycles.